The molecule has 0 rings (SSSR count). The van der Waals surface area contributed by atoms with Crippen LogP contribution in [-0.2, 0) is 0 Å². The van der Waals surface area contributed by atoms with Gasteiger partial charge in [0.1, 0.15) is 0 Å². The van der Waals surface area contributed by atoms with Crippen LogP contribution in [-0.4, -0.2) is 21.8 Å². The molecule has 0 aliphatic carbocycles. The smallest absolute Gasteiger partial charge is 1.00 e. The van der Waals surface area contributed by atoms with E-state index in [0.29, 0.717) is 0 Å². The summed E-state index contributed by atoms with van der Waals surface area (Å²) in [4.78, 5) is 0. The van der Waals surface area contributed by atoms with Gasteiger partial charge in [0.2, 0.25) is 0 Å². The minimum Gasteiger partial charge on any atom is -1.00 e. The van der Waals surface area contributed by atoms with Crippen LogP contribution in [0.25, 0.3) is 0 Å². The third-order valence-corrected chi connectivity index (χ3v) is 0. The Hall–Kier alpha value is 3.14. The van der Waals surface area contributed by atoms with Gasteiger partial charge in [-0.05, 0) is 0 Å². The molecule has 0 aromatic carbocycles. The Morgan fingerprint density at radius 1 is 1.50 bits per heavy atom. The van der Waals surface area contributed by atoms with Gasteiger partial charge in [-0.3, -0.25) is 0 Å². The first-order chi connectivity index (χ1) is 1.41. The molecule has 0 amide bonds. The van der Waals surface area contributed by atoms with E-state index in [1.54, 1.807) is 0 Å². The fraction of sp³-hybridized carbons (Fsp3) is 0. The molecule has 20 valence electrons. The van der Waals surface area contributed by atoms with Crippen LogP contribution in [0.1, 0.15) is 1.43 Å². The van der Waals surface area contributed by atoms with Crippen LogP contribution < -0.4 is 51.4 Å². The maximum atomic E-state index is 4.96. The normalized spacial score (nSPS) is 4.50. The van der Waals surface area contributed by atoms with E-state index >= 15 is 0 Å². The minimum atomic E-state index is -0.972. The molecule has 0 saturated heterocycles. The fourth-order valence-corrected chi connectivity index (χ4v) is 0. The average Bonchev–Trinajstić information content (AvgIpc) is 0.918. The van der Waals surface area contributed by atoms with Crippen molar-refractivity contribution in [3.8, 4) is 0 Å². The molecule has 0 aromatic rings. The Balaban J connectivity index is -0.0000000200. The van der Waals surface area contributed by atoms with Gasteiger partial charge in [0.25, 0.3) is 0 Å². The fourth-order valence-electron chi connectivity index (χ4n) is 0. The van der Waals surface area contributed by atoms with Gasteiger partial charge >= 0.3 is 89.8 Å². The average molecular weight is 318 g/mol. The first-order valence-corrected chi connectivity index (χ1v) is 9.95. The molecule has 0 spiro atoms. The predicted molar refractivity (Wildman–Crippen MR) is 18.6 cm³/mol. The summed E-state index contributed by atoms with van der Waals surface area (Å²) in [6, 6.07) is 0. The molecule has 2 radical (unpaired) electrons. The molecule has 0 N–H and O–H groups in total. The van der Waals surface area contributed by atoms with Crippen molar-refractivity contribution in [2.45, 2.75) is 0 Å². The molecule has 0 heterocycles. The third kappa shape index (κ3) is 8.93. The second-order valence-corrected chi connectivity index (χ2v) is 5.64. The van der Waals surface area contributed by atoms with E-state index in [1.165, 1.54) is 0 Å². The van der Waals surface area contributed by atoms with Crippen molar-refractivity contribution in [1.82, 2.24) is 0 Å². The van der Waals surface area contributed by atoms with Gasteiger partial charge in [-0.1, -0.05) is 0 Å². The Morgan fingerprint density at radius 2 is 1.50 bits per heavy atom. The zero-order valence-corrected chi connectivity index (χ0v) is 10.8. The zero-order valence-electron chi connectivity index (χ0n) is 3.26. The summed E-state index contributed by atoms with van der Waals surface area (Å²) in [5.41, 5.74) is 0. The van der Waals surface area contributed by atoms with Crippen molar-refractivity contribution >= 4 is 38.4 Å². The van der Waals surface area contributed by atoms with Gasteiger partial charge in [-0.15, -0.1) is 0 Å². The van der Waals surface area contributed by atoms with Crippen LogP contribution in [0.2, 0.25) is 0 Å². The van der Waals surface area contributed by atoms with Crippen molar-refractivity contribution < 1.29 is 52.8 Å². The first kappa shape index (κ1) is 10.2. The molecule has 4 heavy (non-hydrogen) atoms. The Kier molecular flexibility index (Phi) is 24.1. The van der Waals surface area contributed by atoms with Crippen molar-refractivity contribution in [3.05, 3.63) is 0 Å². The van der Waals surface area contributed by atoms with Crippen molar-refractivity contribution in [1.29, 1.82) is 0 Å². The Bertz CT molecular complexity index is 9.61. The largest absolute Gasteiger partial charge is 1.00 e. The van der Waals surface area contributed by atoms with E-state index in [1.807, 2.05) is 0 Å². The van der Waals surface area contributed by atoms with Crippen LogP contribution in [0, 0.1) is 0 Å². The van der Waals surface area contributed by atoms with Gasteiger partial charge in [-0.25, -0.2) is 0 Å². The molecular weight excluding hydrogens is 317 g/mol. The third-order valence-electron chi connectivity index (χ3n) is 0. The van der Waals surface area contributed by atoms with E-state index in [0.717, 1.165) is 0 Å². The molecule has 0 aliphatic rings. The number of rotatable bonds is 0. The maximum absolute atomic E-state index is 4.96. The summed E-state index contributed by atoms with van der Waals surface area (Å²) in [5, 5.41) is 0. The second-order valence-electron chi connectivity index (χ2n) is 0.0714. The summed E-state index contributed by atoms with van der Waals surface area (Å²) in [5.74, 6) is 0. The number of halogens is 2. The molecule has 0 aliphatic heterocycles. The zero-order chi connectivity index (χ0) is 2.71. The van der Waals surface area contributed by atoms with E-state index in [4.69, 9.17) is 16.6 Å². The molecule has 0 nitrogen and oxygen atoms in total. The molecule has 0 unspecified atom stereocenters. The summed E-state index contributed by atoms with van der Waals surface area (Å²) in [6.45, 7) is 0. The quantitative estimate of drug-likeness (QED) is 0.459. The van der Waals surface area contributed by atoms with E-state index in [2.05, 4.69) is 0 Å². The van der Waals surface area contributed by atoms with E-state index in [9.17, 15) is 0 Å². The van der Waals surface area contributed by atoms with Crippen molar-refractivity contribution in [3.63, 3.8) is 0 Å². The molecule has 0 bridgehead atoms. The van der Waals surface area contributed by atoms with Gasteiger partial charge in [0, 0.05) is 0 Å². The van der Waals surface area contributed by atoms with Gasteiger partial charge < -0.3 is 1.43 Å². The molecule has 0 saturated carbocycles. The van der Waals surface area contributed by atoms with E-state index < -0.39 is 21.8 Å². The topological polar surface area (TPSA) is 0 Å². The molecule has 0 aromatic heterocycles. The van der Waals surface area contributed by atoms with Gasteiger partial charge in [0.15, 0.2) is 0 Å². The second kappa shape index (κ2) is 9.46. The van der Waals surface area contributed by atoms with Gasteiger partial charge in [0.05, 0.1) is 0 Å². The summed E-state index contributed by atoms with van der Waals surface area (Å²) >= 11 is -0.972. The molecule has 4 heteroatoms. The molecular formula is HCl2KPb. The van der Waals surface area contributed by atoms with E-state index in [-0.39, 0.29) is 52.8 Å². The van der Waals surface area contributed by atoms with Crippen molar-refractivity contribution in [2.75, 3.05) is 0 Å². The Labute approximate surface area is 88.7 Å². The standard InChI is InChI=1S/2ClH.K.Pb.H/h2*1H;;;/q;;+1;+2;-1/p-2. The first-order valence-electron chi connectivity index (χ1n) is 0.378. The maximum Gasteiger partial charge on any atom is 1.00 e. The summed E-state index contributed by atoms with van der Waals surface area (Å²) in [7, 11) is 9.92. The van der Waals surface area contributed by atoms with Crippen LogP contribution in [0.5, 0.6) is 0 Å². The predicted octanol–water partition coefficient (Wildman–Crippen LogP) is -1.89. The summed E-state index contributed by atoms with van der Waals surface area (Å²) < 4.78 is 0. The van der Waals surface area contributed by atoms with Crippen LogP contribution in [0.3, 0.4) is 0 Å². The number of hydrogen-bond acceptors (Lipinski definition) is 0. The molecule has 0 fully saturated rings. The Morgan fingerprint density at radius 3 is 1.50 bits per heavy atom. The van der Waals surface area contributed by atoms with Gasteiger partial charge in [-0.2, -0.15) is 0 Å². The summed E-state index contributed by atoms with van der Waals surface area (Å²) in [6.07, 6.45) is 0. The minimum absolute atomic E-state index is 0. The van der Waals surface area contributed by atoms with Crippen LogP contribution in [0.4, 0.5) is 0 Å². The number of hydrogen-bond donors (Lipinski definition) is 0. The SMILES string of the molecule is [Cl][Pb][Cl].[H-].[K+]. The van der Waals surface area contributed by atoms with Crippen molar-refractivity contribution in [2.24, 2.45) is 0 Å². The molecule has 0 atom stereocenters. The monoisotopic (exact) mass is 318 g/mol. The van der Waals surface area contributed by atoms with Crippen LogP contribution >= 0.6 is 16.6 Å². The van der Waals surface area contributed by atoms with Crippen LogP contribution in [0.15, 0.2) is 0 Å².